The molecule has 1 unspecified atom stereocenters. The Labute approximate surface area is 108 Å². The fraction of sp³-hybridized carbons (Fsp3) is 1.00. The van der Waals surface area contributed by atoms with Crippen LogP contribution in [0.3, 0.4) is 0 Å². The minimum atomic E-state index is 0.277. The van der Waals surface area contributed by atoms with E-state index in [0.717, 1.165) is 19.3 Å². The summed E-state index contributed by atoms with van der Waals surface area (Å²) in [5.74, 6) is 0.814. The van der Waals surface area contributed by atoms with E-state index in [1.807, 2.05) is 0 Å². The van der Waals surface area contributed by atoms with E-state index in [-0.39, 0.29) is 5.41 Å². The fourth-order valence-corrected chi connectivity index (χ4v) is 2.36. The first-order valence-electron chi connectivity index (χ1n) is 6.98. The molecule has 0 radical (unpaired) electrons. The zero-order valence-electron chi connectivity index (χ0n) is 12.7. The third-order valence-electron chi connectivity index (χ3n) is 3.54. The van der Waals surface area contributed by atoms with Crippen molar-refractivity contribution in [2.24, 2.45) is 16.7 Å². The van der Waals surface area contributed by atoms with Crippen molar-refractivity contribution in [2.75, 3.05) is 26.4 Å². The molecule has 0 amide bonds. The molecule has 0 aromatic rings. The summed E-state index contributed by atoms with van der Waals surface area (Å²) >= 11 is 0. The van der Waals surface area contributed by atoms with Gasteiger partial charge in [-0.15, -0.1) is 0 Å². The summed E-state index contributed by atoms with van der Waals surface area (Å²) in [5.41, 5.74) is 0.710. The minimum absolute atomic E-state index is 0.277. The van der Waals surface area contributed by atoms with E-state index in [4.69, 9.17) is 4.74 Å². The van der Waals surface area contributed by atoms with Crippen molar-refractivity contribution in [3.05, 3.63) is 0 Å². The molecule has 0 saturated carbocycles. The number of piperidine rings is 1. The predicted octanol–water partition coefficient (Wildman–Crippen LogP) is 3.76. The summed E-state index contributed by atoms with van der Waals surface area (Å²) in [6.07, 6.45) is 2.69. The number of hydrogen-bond donors (Lipinski definition) is 0. The van der Waals surface area contributed by atoms with Gasteiger partial charge in [0.25, 0.3) is 0 Å². The van der Waals surface area contributed by atoms with E-state index in [9.17, 15) is 0 Å². The number of ether oxygens (including phenoxy) is 1. The number of likely N-dealkylation sites (tertiary alicyclic amines) is 1. The average molecular weight is 241 g/mol. The second-order valence-electron chi connectivity index (χ2n) is 7.82. The van der Waals surface area contributed by atoms with Crippen molar-refractivity contribution >= 4 is 0 Å². The summed E-state index contributed by atoms with van der Waals surface area (Å²) in [6.45, 7) is 17.8. The predicted molar refractivity (Wildman–Crippen MR) is 74.0 cm³/mol. The van der Waals surface area contributed by atoms with Crippen LogP contribution in [0.5, 0.6) is 0 Å². The highest BCUT2D eigenvalue weighted by molar-refractivity contribution is 4.80. The standard InChI is InChI=1S/C15H31NO/c1-14(2,3)11-17-12-16-9-7-8-13(10-16)15(4,5)6/h13H,7-12H2,1-6H3. The molecule has 0 N–H and O–H groups in total. The third kappa shape index (κ3) is 5.87. The molecule has 1 rings (SSSR count). The smallest absolute Gasteiger partial charge is 0.0990 e. The van der Waals surface area contributed by atoms with Crippen molar-refractivity contribution in [1.29, 1.82) is 0 Å². The van der Waals surface area contributed by atoms with Gasteiger partial charge in [-0.2, -0.15) is 0 Å². The van der Waals surface area contributed by atoms with Crippen LogP contribution in [0.25, 0.3) is 0 Å². The largest absolute Gasteiger partial charge is 0.366 e. The number of nitrogens with zero attached hydrogens (tertiary/aromatic N) is 1. The zero-order valence-corrected chi connectivity index (χ0v) is 12.7. The minimum Gasteiger partial charge on any atom is -0.366 e. The number of hydrogen-bond acceptors (Lipinski definition) is 2. The molecular weight excluding hydrogens is 210 g/mol. The summed E-state index contributed by atoms with van der Waals surface area (Å²) in [7, 11) is 0. The molecule has 0 aromatic heterocycles. The maximum Gasteiger partial charge on any atom is 0.0990 e. The van der Waals surface area contributed by atoms with Gasteiger partial charge in [0.05, 0.1) is 13.3 Å². The Hall–Kier alpha value is -0.0800. The van der Waals surface area contributed by atoms with E-state index in [0.29, 0.717) is 5.41 Å². The van der Waals surface area contributed by atoms with Gasteiger partial charge < -0.3 is 4.74 Å². The Balaban J connectivity index is 2.30. The van der Waals surface area contributed by atoms with Crippen LogP contribution in [-0.4, -0.2) is 31.3 Å². The van der Waals surface area contributed by atoms with Crippen LogP contribution in [0.1, 0.15) is 54.4 Å². The van der Waals surface area contributed by atoms with Gasteiger partial charge in [-0.05, 0) is 29.6 Å². The topological polar surface area (TPSA) is 12.5 Å². The van der Waals surface area contributed by atoms with Crippen molar-refractivity contribution in [1.82, 2.24) is 4.90 Å². The SMILES string of the molecule is CC(C)(C)COCN1CCCC(C(C)(C)C)C1. The molecule has 0 aromatic carbocycles. The molecule has 1 saturated heterocycles. The Morgan fingerprint density at radius 3 is 2.29 bits per heavy atom. The van der Waals surface area contributed by atoms with Crippen LogP contribution in [0.15, 0.2) is 0 Å². The van der Waals surface area contributed by atoms with Crippen molar-refractivity contribution in [3.63, 3.8) is 0 Å². The maximum absolute atomic E-state index is 5.82. The van der Waals surface area contributed by atoms with Crippen molar-refractivity contribution in [2.45, 2.75) is 54.4 Å². The van der Waals surface area contributed by atoms with Gasteiger partial charge in [0, 0.05) is 13.1 Å². The molecule has 17 heavy (non-hydrogen) atoms. The molecule has 0 spiro atoms. The molecule has 2 heteroatoms. The van der Waals surface area contributed by atoms with E-state index >= 15 is 0 Å². The average Bonchev–Trinajstić information content (AvgIpc) is 2.15. The van der Waals surface area contributed by atoms with Crippen LogP contribution in [0, 0.1) is 16.7 Å². The Kier molecular flexibility index (Phi) is 5.03. The lowest BCUT2D eigenvalue weighted by atomic mass is 9.76. The van der Waals surface area contributed by atoms with Crippen LogP contribution in [0.2, 0.25) is 0 Å². The van der Waals surface area contributed by atoms with Crippen molar-refractivity contribution < 1.29 is 4.74 Å². The monoisotopic (exact) mass is 241 g/mol. The van der Waals surface area contributed by atoms with Gasteiger partial charge in [-0.3, -0.25) is 4.90 Å². The lowest BCUT2D eigenvalue weighted by Crippen LogP contribution is -2.42. The molecule has 0 bridgehead atoms. The third-order valence-corrected chi connectivity index (χ3v) is 3.54. The molecule has 1 heterocycles. The maximum atomic E-state index is 5.82. The Bertz CT molecular complexity index is 224. The van der Waals surface area contributed by atoms with Gasteiger partial charge in [0.1, 0.15) is 0 Å². The Morgan fingerprint density at radius 1 is 1.12 bits per heavy atom. The van der Waals surface area contributed by atoms with Crippen molar-refractivity contribution in [3.8, 4) is 0 Å². The highest BCUT2D eigenvalue weighted by Gasteiger charge is 2.29. The summed E-state index contributed by atoms with van der Waals surface area (Å²) < 4.78 is 5.82. The van der Waals surface area contributed by atoms with Crippen LogP contribution in [0.4, 0.5) is 0 Å². The van der Waals surface area contributed by atoms with Crippen LogP contribution < -0.4 is 0 Å². The first-order valence-corrected chi connectivity index (χ1v) is 6.98. The molecule has 1 aliphatic heterocycles. The fourth-order valence-electron chi connectivity index (χ4n) is 2.36. The molecule has 102 valence electrons. The lowest BCUT2D eigenvalue weighted by molar-refractivity contribution is -0.0317. The lowest BCUT2D eigenvalue weighted by Gasteiger charge is -2.39. The van der Waals surface area contributed by atoms with E-state index < -0.39 is 0 Å². The highest BCUT2D eigenvalue weighted by atomic mass is 16.5. The van der Waals surface area contributed by atoms with E-state index in [2.05, 4.69) is 46.4 Å². The van der Waals surface area contributed by atoms with E-state index in [1.54, 1.807) is 0 Å². The van der Waals surface area contributed by atoms with Crippen LogP contribution >= 0.6 is 0 Å². The molecule has 2 nitrogen and oxygen atoms in total. The Morgan fingerprint density at radius 2 is 1.76 bits per heavy atom. The molecule has 0 aliphatic carbocycles. The van der Waals surface area contributed by atoms with Gasteiger partial charge in [0.15, 0.2) is 0 Å². The normalized spacial score (nSPS) is 24.0. The van der Waals surface area contributed by atoms with Gasteiger partial charge in [-0.25, -0.2) is 0 Å². The van der Waals surface area contributed by atoms with Gasteiger partial charge in [0.2, 0.25) is 0 Å². The quantitative estimate of drug-likeness (QED) is 0.746. The summed E-state index contributed by atoms with van der Waals surface area (Å²) in [5, 5.41) is 0. The summed E-state index contributed by atoms with van der Waals surface area (Å²) in [4.78, 5) is 2.48. The second-order valence-corrected chi connectivity index (χ2v) is 7.82. The van der Waals surface area contributed by atoms with E-state index in [1.165, 1.54) is 25.9 Å². The zero-order chi connectivity index (χ0) is 13.1. The highest BCUT2D eigenvalue weighted by Crippen LogP contribution is 2.33. The second kappa shape index (κ2) is 5.71. The number of rotatable bonds is 3. The molecule has 1 fully saturated rings. The first-order chi connectivity index (χ1) is 7.68. The van der Waals surface area contributed by atoms with Crippen LogP contribution in [-0.2, 0) is 4.74 Å². The molecule has 1 atom stereocenters. The molecular formula is C15H31NO. The molecule has 1 aliphatic rings. The van der Waals surface area contributed by atoms with Gasteiger partial charge >= 0.3 is 0 Å². The van der Waals surface area contributed by atoms with Gasteiger partial charge in [-0.1, -0.05) is 41.5 Å². The first kappa shape index (κ1) is 15.0. The summed E-state index contributed by atoms with van der Waals surface area (Å²) in [6, 6.07) is 0.